The number of halogens is 4. The summed E-state index contributed by atoms with van der Waals surface area (Å²) in [5, 5.41) is 9.07. The van der Waals surface area contributed by atoms with E-state index in [4.69, 9.17) is 21.4 Å². The Morgan fingerprint density at radius 2 is 2.06 bits per heavy atom. The Morgan fingerprint density at radius 1 is 1.38 bits per heavy atom. The lowest BCUT2D eigenvalue weighted by Crippen LogP contribution is -2.19. The first kappa shape index (κ1) is 13.1. The van der Waals surface area contributed by atoms with Crippen LogP contribution in [0.4, 0.5) is 13.2 Å². The summed E-state index contributed by atoms with van der Waals surface area (Å²) in [6.07, 6.45) is -5.29. The van der Waals surface area contributed by atoms with Crippen molar-refractivity contribution >= 4 is 11.6 Å². The van der Waals surface area contributed by atoms with Crippen molar-refractivity contribution in [1.29, 1.82) is 0 Å². The van der Waals surface area contributed by atoms with Crippen LogP contribution in [-0.2, 0) is 6.18 Å². The van der Waals surface area contributed by atoms with E-state index in [1.807, 2.05) is 0 Å². The summed E-state index contributed by atoms with van der Waals surface area (Å²) in [5.74, 6) is 0.0258. The van der Waals surface area contributed by atoms with Crippen molar-refractivity contribution in [3.05, 3.63) is 29.8 Å². The highest BCUT2D eigenvalue weighted by molar-refractivity contribution is 6.18. The maximum absolute atomic E-state index is 12.3. The zero-order valence-corrected chi connectivity index (χ0v) is 8.92. The van der Waals surface area contributed by atoms with Gasteiger partial charge in [0.1, 0.15) is 18.5 Å². The van der Waals surface area contributed by atoms with E-state index in [0.29, 0.717) is 0 Å². The number of aliphatic hydroxyl groups is 1. The summed E-state index contributed by atoms with van der Waals surface area (Å²) in [6.45, 7) is -0.134. The second-order valence-electron chi connectivity index (χ2n) is 3.14. The molecule has 0 heterocycles. The zero-order valence-electron chi connectivity index (χ0n) is 8.17. The second-order valence-corrected chi connectivity index (χ2v) is 3.45. The maximum atomic E-state index is 12.3. The molecule has 0 spiro atoms. The molecule has 0 aromatic heterocycles. The van der Waals surface area contributed by atoms with Gasteiger partial charge in [0, 0.05) is 0 Å². The van der Waals surface area contributed by atoms with E-state index >= 15 is 0 Å². The van der Waals surface area contributed by atoms with Gasteiger partial charge in [-0.3, -0.25) is 0 Å². The molecule has 0 saturated heterocycles. The van der Waals surface area contributed by atoms with Gasteiger partial charge in [0.25, 0.3) is 0 Å². The molecule has 0 radical (unpaired) electrons. The Balaban J connectivity index is 2.68. The molecule has 1 atom stereocenters. The highest BCUT2D eigenvalue weighted by Crippen LogP contribution is 2.31. The van der Waals surface area contributed by atoms with E-state index in [1.165, 1.54) is 12.1 Å². The first-order valence-electron chi connectivity index (χ1n) is 4.47. The van der Waals surface area contributed by atoms with Crippen LogP contribution in [-0.4, -0.2) is 23.7 Å². The lowest BCUT2D eigenvalue weighted by Gasteiger charge is -2.11. The summed E-state index contributed by atoms with van der Waals surface area (Å²) >= 11 is 5.31. The molecule has 1 aromatic carbocycles. The van der Waals surface area contributed by atoms with Crippen molar-refractivity contribution in [2.24, 2.45) is 0 Å². The number of hydrogen-bond donors (Lipinski definition) is 1. The van der Waals surface area contributed by atoms with E-state index in [1.54, 1.807) is 0 Å². The molecule has 1 rings (SSSR count). The quantitative estimate of drug-likeness (QED) is 0.837. The van der Waals surface area contributed by atoms with Gasteiger partial charge in [0.2, 0.25) is 0 Å². The minimum Gasteiger partial charge on any atom is -0.491 e. The molecule has 1 aromatic rings. The van der Waals surface area contributed by atoms with Gasteiger partial charge in [-0.2, -0.15) is 13.2 Å². The van der Waals surface area contributed by atoms with E-state index in [-0.39, 0.29) is 18.2 Å². The Bertz CT molecular complexity index is 341. The van der Waals surface area contributed by atoms with E-state index in [0.717, 1.165) is 12.1 Å². The van der Waals surface area contributed by atoms with Crippen molar-refractivity contribution in [3.8, 4) is 5.75 Å². The topological polar surface area (TPSA) is 29.5 Å². The molecule has 1 unspecified atom stereocenters. The van der Waals surface area contributed by atoms with E-state index in [2.05, 4.69) is 0 Å². The molecule has 0 bridgehead atoms. The molecular formula is C10H10ClF3O2. The van der Waals surface area contributed by atoms with Crippen molar-refractivity contribution < 1.29 is 23.0 Å². The van der Waals surface area contributed by atoms with Gasteiger partial charge < -0.3 is 9.84 Å². The number of aliphatic hydroxyl groups excluding tert-OH is 1. The Morgan fingerprint density at radius 3 is 2.62 bits per heavy atom. The lowest BCUT2D eigenvalue weighted by atomic mass is 10.2. The first-order chi connectivity index (χ1) is 7.43. The van der Waals surface area contributed by atoms with Crippen LogP contribution in [0, 0.1) is 0 Å². The molecule has 0 aliphatic heterocycles. The third kappa shape index (κ3) is 3.90. The molecule has 0 amide bonds. The van der Waals surface area contributed by atoms with Crippen LogP contribution >= 0.6 is 11.6 Å². The fourth-order valence-corrected chi connectivity index (χ4v) is 1.09. The maximum Gasteiger partial charge on any atom is 0.416 e. The number of ether oxygens (including phenoxy) is 1. The minimum atomic E-state index is -4.40. The van der Waals surface area contributed by atoms with Crippen LogP contribution in [0.3, 0.4) is 0 Å². The first-order valence-corrected chi connectivity index (χ1v) is 5.01. The highest BCUT2D eigenvalue weighted by Gasteiger charge is 2.30. The molecule has 6 heteroatoms. The van der Waals surface area contributed by atoms with Gasteiger partial charge in [-0.15, -0.1) is 11.6 Å². The molecule has 16 heavy (non-hydrogen) atoms. The van der Waals surface area contributed by atoms with Crippen LogP contribution < -0.4 is 4.74 Å². The fourth-order valence-electron chi connectivity index (χ4n) is 0.999. The predicted octanol–water partition coefficient (Wildman–Crippen LogP) is 2.68. The van der Waals surface area contributed by atoms with Crippen LogP contribution in [0.25, 0.3) is 0 Å². The number of rotatable bonds is 4. The number of alkyl halides is 4. The van der Waals surface area contributed by atoms with E-state index < -0.39 is 17.8 Å². The summed E-state index contributed by atoms with van der Waals surface area (Å²) in [7, 11) is 0. The Kier molecular flexibility index (Phi) is 4.44. The molecular weight excluding hydrogens is 245 g/mol. The van der Waals surface area contributed by atoms with E-state index in [9.17, 15) is 13.2 Å². The van der Waals surface area contributed by atoms with Gasteiger partial charge in [0.15, 0.2) is 0 Å². The van der Waals surface area contributed by atoms with Gasteiger partial charge >= 0.3 is 6.18 Å². The van der Waals surface area contributed by atoms with Crippen LogP contribution in [0.2, 0.25) is 0 Å². The normalized spacial score (nSPS) is 13.6. The minimum absolute atomic E-state index is 0.0288. The Labute approximate surface area is 95.6 Å². The number of benzene rings is 1. The molecule has 0 aliphatic rings. The van der Waals surface area contributed by atoms with Crippen LogP contribution in [0.5, 0.6) is 5.75 Å². The smallest absolute Gasteiger partial charge is 0.416 e. The summed E-state index contributed by atoms with van der Waals surface area (Å²) < 4.78 is 41.9. The van der Waals surface area contributed by atoms with Gasteiger partial charge in [0.05, 0.1) is 11.4 Å². The van der Waals surface area contributed by atoms with Crippen LogP contribution in [0.15, 0.2) is 24.3 Å². The van der Waals surface area contributed by atoms with Crippen molar-refractivity contribution in [3.63, 3.8) is 0 Å². The predicted molar refractivity (Wildman–Crippen MR) is 53.7 cm³/mol. The standard InChI is InChI=1S/C10H10ClF3O2/c11-5-8(15)6-16-9-3-1-2-7(4-9)10(12,13)14/h1-4,8,15H,5-6H2. The van der Waals surface area contributed by atoms with Crippen molar-refractivity contribution in [1.82, 2.24) is 0 Å². The second kappa shape index (κ2) is 5.41. The SMILES string of the molecule is OC(CCl)COc1cccc(C(F)(F)F)c1. The van der Waals surface area contributed by atoms with Gasteiger partial charge in [-0.1, -0.05) is 6.07 Å². The summed E-state index contributed by atoms with van der Waals surface area (Å²) in [5.41, 5.74) is -0.787. The molecule has 2 nitrogen and oxygen atoms in total. The average molecular weight is 255 g/mol. The van der Waals surface area contributed by atoms with Crippen molar-refractivity contribution in [2.75, 3.05) is 12.5 Å². The fraction of sp³-hybridized carbons (Fsp3) is 0.400. The summed E-state index contributed by atoms with van der Waals surface area (Å²) in [4.78, 5) is 0. The third-order valence-corrected chi connectivity index (χ3v) is 2.14. The Hall–Kier alpha value is -0.940. The molecule has 0 saturated carbocycles. The number of hydrogen-bond acceptors (Lipinski definition) is 2. The van der Waals surface area contributed by atoms with Crippen molar-refractivity contribution in [2.45, 2.75) is 12.3 Å². The average Bonchev–Trinajstić information content (AvgIpc) is 2.25. The van der Waals surface area contributed by atoms with Gasteiger partial charge in [-0.05, 0) is 18.2 Å². The largest absolute Gasteiger partial charge is 0.491 e. The molecule has 90 valence electrons. The lowest BCUT2D eigenvalue weighted by molar-refractivity contribution is -0.137. The highest BCUT2D eigenvalue weighted by atomic mass is 35.5. The monoisotopic (exact) mass is 254 g/mol. The molecule has 0 aliphatic carbocycles. The zero-order chi connectivity index (χ0) is 12.2. The van der Waals surface area contributed by atoms with Gasteiger partial charge in [-0.25, -0.2) is 0 Å². The third-order valence-electron chi connectivity index (χ3n) is 1.78. The van der Waals surface area contributed by atoms with Crippen LogP contribution in [0.1, 0.15) is 5.56 Å². The summed E-state index contributed by atoms with van der Waals surface area (Å²) in [6, 6.07) is 4.45. The molecule has 1 N–H and O–H groups in total. The molecule has 0 fully saturated rings.